The standard InChI is InChI=1S/C25H19F4N3O2/c26-18-9-6-15(7-10-18)16-8-11-22-20(13-16)31-23(34-22)21-5-2-12-32(21)24(33)30-19-4-1-3-17(14-19)25(27,28)29/h1,3-4,6-11,13-14,21H,2,5,12H2,(H,30,33). The van der Waals surface area contributed by atoms with E-state index in [-0.39, 0.29) is 11.5 Å². The van der Waals surface area contributed by atoms with Crippen LogP contribution in [0.5, 0.6) is 0 Å². The average molecular weight is 469 g/mol. The van der Waals surface area contributed by atoms with Crippen LogP contribution in [0, 0.1) is 5.82 Å². The van der Waals surface area contributed by atoms with Gasteiger partial charge < -0.3 is 14.6 Å². The lowest BCUT2D eigenvalue weighted by Gasteiger charge is -2.23. The molecule has 0 bridgehead atoms. The van der Waals surface area contributed by atoms with Crippen molar-refractivity contribution in [3.8, 4) is 11.1 Å². The van der Waals surface area contributed by atoms with Gasteiger partial charge in [0, 0.05) is 12.2 Å². The van der Waals surface area contributed by atoms with Crippen LogP contribution in [0.3, 0.4) is 0 Å². The summed E-state index contributed by atoms with van der Waals surface area (Å²) in [6.07, 6.45) is -3.17. The number of amides is 2. The molecule has 1 aliphatic heterocycles. The summed E-state index contributed by atoms with van der Waals surface area (Å²) in [6, 6.07) is 15.1. The van der Waals surface area contributed by atoms with Gasteiger partial charge in [-0.25, -0.2) is 14.2 Å². The molecule has 0 saturated carbocycles. The molecule has 1 N–H and O–H groups in total. The van der Waals surface area contributed by atoms with Gasteiger partial charge in [-0.2, -0.15) is 13.2 Å². The molecule has 3 aromatic carbocycles. The van der Waals surface area contributed by atoms with Crippen LogP contribution in [0.1, 0.15) is 30.3 Å². The molecule has 1 unspecified atom stereocenters. The van der Waals surface area contributed by atoms with Crippen LogP contribution in [0.15, 0.2) is 71.1 Å². The summed E-state index contributed by atoms with van der Waals surface area (Å²) >= 11 is 0. The van der Waals surface area contributed by atoms with Crippen molar-refractivity contribution in [3.63, 3.8) is 0 Å². The van der Waals surface area contributed by atoms with E-state index in [9.17, 15) is 22.4 Å². The Labute approximate surface area is 192 Å². The molecule has 0 spiro atoms. The number of carbonyl (C=O) groups is 1. The molecule has 9 heteroatoms. The highest BCUT2D eigenvalue weighted by atomic mass is 19.4. The van der Waals surface area contributed by atoms with E-state index in [1.54, 1.807) is 18.2 Å². The molecule has 0 aliphatic carbocycles. The quantitative estimate of drug-likeness (QED) is 0.328. The first kappa shape index (κ1) is 21.9. The SMILES string of the molecule is O=C(Nc1cccc(C(F)(F)F)c1)N1CCCC1c1nc2cc(-c3ccc(F)cc3)ccc2o1. The number of rotatable bonds is 3. The molecule has 5 nitrogen and oxygen atoms in total. The molecule has 1 fully saturated rings. The number of hydrogen-bond acceptors (Lipinski definition) is 3. The van der Waals surface area contributed by atoms with E-state index < -0.39 is 23.8 Å². The van der Waals surface area contributed by atoms with E-state index in [0.29, 0.717) is 36.4 Å². The number of nitrogens with one attached hydrogen (secondary N) is 1. The van der Waals surface area contributed by atoms with E-state index in [1.165, 1.54) is 29.2 Å². The first-order valence-corrected chi connectivity index (χ1v) is 10.7. The molecular weight excluding hydrogens is 450 g/mol. The zero-order valence-electron chi connectivity index (χ0n) is 17.8. The van der Waals surface area contributed by atoms with E-state index in [4.69, 9.17) is 4.42 Å². The van der Waals surface area contributed by atoms with Crippen LogP contribution in [0.4, 0.5) is 28.0 Å². The smallest absolute Gasteiger partial charge is 0.416 e. The van der Waals surface area contributed by atoms with Gasteiger partial charge in [-0.15, -0.1) is 0 Å². The van der Waals surface area contributed by atoms with E-state index >= 15 is 0 Å². The number of aromatic nitrogens is 1. The van der Waals surface area contributed by atoms with Gasteiger partial charge in [0.15, 0.2) is 5.58 Å². The highest BCUT2D eigenvalue weighted by Gasteiger charge is 2.34. The third-order valence-corrected chi connectivity index (χ3v) is 5.82. The van der Waals surface area contributed by atoms with Gasteiger partial charge >= 0.3 is 12.2 Å². The second-order valence-electron chi connectivity index (χ2n) is 8.10. The minimum atomic E-state index is -4.50. The number of halogens is 4. The van der Waals surface area contributed by atoms with Crippen molar-refractivity contribution in [1.29, 1.82) is 0 Å². The maximum atomic E-state index is 13.2. The molecule has 5 rings (SSSR count). The van der Waals surface area contributed by atoms with Gasteiger partial charge in [0.2, 0.25) is 5.89 Å². The molecule has 1 aromatic heterocycles. The Balaban J connectivity index is 1.37. The number of hydrogen-bond donors (Lipinski definition) is 1. The summed E-state index contributed by atoms with van der Waals surface area (Å²) in [4.78, 5) is 19.0. The normalized spacial score (nSPS) is 16.2. The highest BCUT2D eigenvalue weighted by molar-refractivity contribution is 5.90. The first-order chi connectivity index (χ1) is 16.3. The lowest BCUT2D eigenvalue weighted by molar-refractivity contribution is -0.137. The molecule has 1 aliphatic rings. The van der Waals surface area contributed by atoms with Gasteiger partial charge in [0.25, 0.3) is 0 Å². The van der Waals surface area contributed by atoms with Crippen LogP contribution in [0.2, 0.25) is 0 Å². The summed E-state index contributed by atoms with van der Waals surface area (Å²) in [6.45, 7) is 0.426. The number of carbonyl (C=O) groups excluding carboxylic acids is 1. The van der Waals surface area contributed by atoms with Gasteiger partial charge in [-0.1, -0.05) is 24.3 Å². The summed E-state index contributed by atoms with van der Waals surface area (Å²) in [5.41, 5.74) is 2.05. The maximum Gasteiger partial charge on any atom is 0.416 e. The van der Waals surface area contributed by atoms with Gasteiger partial charge in [0.1, 0.15) is 17.4 Å². The average Bonchev–Trinajstić information content (AvgIpc) is 3.46. The minimum absolute atomic E-state index is 0.0620. The van der Waals surface area contributed by atoms with E-state index in [2.05, 4.69) is 10.3 Å². The van der Waals surface area contributed by atoms with Crippen molar-refractivity contribution in [1.82, 2.24) is 9.88 Å². The maximum absolute atomic E-state index is 13.2. The van der Waals surface area contributed by atoms with Crippen molar-refractivity contribution >= 4 is 22.8 Å². The summed E-state index contributed by atoms with van der Waals surface area (Å²) in [5.74, 6) is 0.0428. The van der Waals surface area contributed by atoms with Crippen molar-refractivity contribution in [2.24, 2.45) is 0 Å². The molecule has 1 atom stereocenters. The van der Waals surface area contributed by atoms with Crippen LogP contribution < -0.4 is 5.32 Å². The van der Waals surface area contributed by atoms with Crippen molar-refractivity contribution in [2.45, 2.75) is 25.1 Å². The fourth-order valence-corrected chi connectivity index (χ4v) is 4.14. The van der Waals surface area contributed by atoms with Crippen molar-refractivity contribution < 1.29 is 26.8 Å². The van der Waals surface area contributed by atoms with Gasteiger partial charge in [-0.3, -0.25) is 0 Å². The van der Waals surface area contributed by atoms with Crippen LogP contribution in [-0.4, -0.2) is 22.5 Å². The number of nitrogens with zero attached hydrogens (tertiary/aromatic N) is 2. The highest BCUT2D eigenvalue weighted by Crippen LogP contribution is 2.35. The fourth-order valence-electron chi connectivity index (χ4n) is 4.14. The largest absolute Gasteiger partial charge is 0.438 e. The number of alkyl halides is 3. The number of benzene rings is 3. The summed E-state index contributed by atoms with van der Waals surface area (Å²) in [5, 5.41) is 2.55. The first-order valence-electron chi connectivity index (χ1n) is 10.7. The van der Waals surface area contributed by atoms with E-state index in [1.807, 2.05) is 12.1 Å². The van der Waals surface area contributed by atoms with Crippen LogP contribution >= 0.6 is 0 Å². The molecule has 4 aromatic rings. The van der Waals surface area contributed by atoms with Crippen molar-refractivity contribution in [2.75, 3.05) is 11.9 Å². The monoisotopic (exact) mass is 469 g/mol. The summed E-state index contributed by atoms with van der Waals surface area (Å²) in [7, 11) is 0. The topological polar surface area (TPSA) is 58.4 Å². The molecule has 2 amide bonds. The number of anilines is 1. The lowest BCUT2D eigenvalue weighted by Crippen LogP contribution is -2.34. The predicted molar refractivity (Wildman–Crippen MR) is 119 cm³/mol. The number of urea groups is 1. The zero-order valence-corrected chi connectivity index (χ0v) is 17.8. The number of likely N-dealkylation sites (tertiary alicyclic amines) is 1. The predicted octanol–water partition coefficient (Wildman–Crippen LogP) is 7.02. The second kappa shape index (κ2) is 8.48. The van der Waals surface area contributed by atoms with Crippen molar-refractivity contribution in [3.05, 3.63) is 84.0 Å². The fraction of sp³-hybridized carbons (Fsp3) is 0.200. The van der Waals surface area contributed by atoms with E-state index in [0.717, 1.165) is 23.3 Å². The number of fused-ring (bicyclic) bond motifs is 1. The summed E-state index contributed by atoms with van der Waals surface area (Å²) < 4.78 is 58.1. The Bertz CT molecular complexity index is 1350. The third-order valence-electron chi connectivity index (χ3n) is 5.82. The molecule has 174 valence electrons. The Morgan fingerprint density at radius 1 is 1.03 bits per heavy atom. The van der Waals surface area contributed by atoms with Crippen LogP contribution in [0.25, 0.3) is 22.2 Å². The Morgan fingerprint density at radius 3 is 2.56 bits per heavy atom. The number of oxazole rings is 1. The second-order valence-corrected chi connectivity index (χ2v) is 8.10. The van der Waals surface area contributed by atoms with Gasteiger partial charge in [-0.05, 0) is 66.4 Å². The Morgan fingerprint density at radius 2 is 1.79 bits per heavy atom. The molecule has 0 radical (unpaired) electrons. The molecule has 34 heavy (non-hydrogen) atoms. The minimum Gasteiger partial charge on any atom is -0.438 e. The molecule has 2 heterocycles. The Kier molecular flexibility index (Phi) is 5.47. The molecule has 1 saturated heterocycles. The lowest BCUT2D eigenvalue weighted by atomic mass is 10.1. The zero-order chi connectivity index (χ0) is 23.9. The third kappa shape index (κ3) is 4.33. The van der Waals surface area contributed by atoms with Gasteiger partial charge in [0.05, 0.1) is 5.56 Å². The van der Waals surface area contributed by atoms with Crippen LogP contribution in [-0.2, 0) is 6.18 Å². The Hall–Kier alpha value is -3.88. The molecular formula is C25H19F4N3O2.